The van der Waals surface area contributed by atoms with E-state index >= 15 is 0 Å². The van der Waals surface area contributed by atoms with Crippen LogP contribution in [0.5, 0.6) is 0 Å². The Kier molecular flexibility index (Phi) is 3.82. The largest absolute Gasteiger partial charge is 0.338 e. The Hall–Kier alpha value is -2.63. The van der Waals surface area contributed by atoms with Gasteiger partial charge in [0.05, 0.1) is 18.2 Å². The molecular formula is C19H22N4O2. The van der Waals surface area contributed by atoms with E-state index in [1.165, 1.54) is 5.56 Å². The molecular weight excluding hydrogens is 316 g/mol. The van der Waals surface area contributed by atoms with Crippen LogP contribution >= 0.6 is 0 Å². The molecule has 0 spiro atoms. The van der Waals surface area contributed by atoms with Crippen molar-refractivity contribution >= 4 is 17.5 Å². The van der Waals surface area contributed by atoms with E-state index in [1.807, 2.05) is 36.3 Å². The minimum Gasteiger partial charge on any atom is -0.338 e. The fourth-order valence-electron chi connectivity index (χ4n) is 4.11. The number of para-hydroxylation sites is 1. The van der Waals surface area contributed by atoms with Gasteiger partial charge in [0.25, 0.3) is 0 Å². The van der Waals surface area contributed by atoms with E-state index in [1.54, 1.807) is 22.8 Å². The molecule has 0 N–H and O–H groups in total. The molecule has 6 heteroatoms. The van der Waals surface area contributed by atoms with Gasteiger partial charge in [-0.1, -0.05) is 18.2 Å². The second-order valence-electron chi connectivity index (χ2n) is 6.91. The third-order valence-corrected chi connectivity index (χ3v) is 5.40. The number of anilines is 1. The fraction of sp³-hybridized carbons (Fsp3) is 0.421. The van der Waals surface area contributed by atoms with Gasteiger partial charge < -0.3 is 9.80 Å². The molecule has 0 aliphatic carbocycles. The lowest BCUT2D eigenvalue weighted by atomic mass is 9.84. The number of benzene rings is 1. The third kappa shape index (κ3) is 2.62. The number of hydrogen-bond acceptors (Lipinski definition) is 3. The van der Waals surface area contributed by atoms with Crippen LogP contribution in [0.3, 0.4) is 0 Å². The van der Waals surface area contributed by atoms with Gasteiger partial charge in [-0.15, -0.1) is 0 Å². The number of aromatic nitrogens is 2. The van der Waals surface area contributed by atoms with Gasteiger partial charge in [-0.3, -0.25) is 14.3 Å². The number of piperidine rings is 1. The Morgan fingerprint density at radius 1 is 1.20 bits per heavy atom. The predicted molar refractivity (Wildman–Crippen MR) is 93.9 cm³/mol. The molecule has 1 saturated heterocycles. The normalized spacial score (nSPS) is 23.0. The highest BCUT2D eigenvalue weighted by atomic mass is 16.2. The van der Waals surface area contributed by atoms with Gasteiger partial charge in [0.2, 0.25) is 11.8 Å². The summed E-state index contributed by atoms with van der Waals surface area (Å²) in [5, 5.41) is 4.23. The van der Waals surface area contributed by atoms with Crippen LogP contribution in [-0.4, -0.2) is 40.1 Å². The Labute approximate surface area is 147 Å². The smallest absolute Gasteiger partial charge is 0.232 e. The molecule has 0 saturated carbocycles. The van der Waals surface area contributed by atoms with Gasteiger partial charge in [0.15, 0.2) is 0 Å². The molecule has 4 rings (SSSR count). The zero-order valence-corrected chi connectivity index (χ0v) is 14.6. The summed E-state index contributed by atoms with van der Waals surface area (Å²) >= 11 is 0. The summed E-state index contributed by atoms with van der Waals surface area (Å²) in [5.74, 6) is -0.0454. The average molecular weight is 338 g/mol. The molecule has 0 bridgehead atoms. The summed E-state index contributed by atoms with van der Waals surface area (Å²) in [5.41, 5.74) is 3.15. The Morgan fingerprint density at radius 3 is 2.76 bits per heavy atom. The van der Waals surface area contributed by atoms with Crippen LogP contribution in [0.25, 0.3) is 0 Å². The Morgan fingerprint density at radius 2 is 2.00 bits per heavy atom. The van der Waals surface area contributed by atoms with E-state index in [4.69, 9.17) is 0 Å². The van der Waals surface area contributed by atoms with E-state index in [-0.39, 0.29) is 23.8 Å². The van der Waals surface area contributed by atoms with Crippen LogP contribution in [0, 0.1) is 5.92 Å². The summed E-state index contributed by atoms with van der Waals surface area (Å²) in [7, 11) is 3.64. The molecule has 2 atom stereocenters. The van der Waals surface area contributed by atoms with Crippen molar-refractivity contribution in [2.75, 3.05) is 18.5 Å². The second kappa shape index (κ2) is 6.02. The van der Waals surface area contributed by atoms with Crippen LogP contribution in [0.4, 0.5) is 5.69 Å². The summed E-state index contributed by atoms with van der Waals surface area (Å²) in [6.45, 7) is 0.714. The molecule has 2 aliphatic rings. The number of amides is 2. The molecule has 1 fully saturated rings. The number of hydrogen-bond donors (Lipinski definition) is 0. The zero-order valence-electron chi connectivity index (χ0n) is 14.6. The summed E-state index contributed by atoms with van der Waals surface area (Å²) in [4.78, 5) is 29.2. The molecule has 6 nitrogen and oxygen atoms in total. The molecule has 3 heterocycles. The highest BCUT2D eigenvalue weighted by Crippen LogP contribution is 2.39. The van der Waals surface area contributed by atoms with E-state index in [0.717, 1.165) is 17.7 Å². The maximum Gasteiger partial charge on any atom is 0.232 e. The molecule has 130 valence electrons. The van der Waals surface area contributed by atoms with Gasteiger partial charge in [-0.2, -0.15) is 5.10 Å². The minimum atomic E-state index is -0.254. The molecule has 2 aliphatic heterocycles. The molecule has 2 aromatic rings. The molecule has 1 aromatic carbocycles. The number of nitrogens with zero attached hydrogens (tertiary/aromatic N) is 4. The molecule has 0 unspecified atom stereocenters. The zero-order chi connectivity index (χ0) is 17.6. The van der Waals surface area contributed by atoms with E-state index in [2.05, 4.69) is 11.2 Å². The van der Waals surface area contributed by atoms with Crippen LogP contribution in [-0.2, 0) is 23.1 Å². The summed E-state index contributed by atoms with van der Waals surface area (Å²) in [6.07, 6.45) is 5.55. The van der Waals surface area contributed by atoms with Gasteiger partial charge in [-0.25, -0.2) is 0 Å². The quantitative estimate of drug-likeness (QED) is 0.840. The number of carbonyl (C=O) groups excluding carboxylic acids is 2. The first-order valence-electron chi connectivity index (χ1n) is 8.70. The topological polar surface area (TPSA) is 58.4 Å². The van der Waals surface area contributed by atoms with E-state index in [9.17, 15) is 9.59 Å². The lowest BCUT2D eigenvalue weighted by Gasteiger charge is -2.39. The monoisotopic (exact) mass is 338 g/mol. The van der Waals surface area contributed by atoms with Crippen molar-refractivity contribution in [1.82, 2.24) is 14.7 Å². The second-order valence-corrected chi connectivity index (χ2v) is 6.91. The van der Waals surface area contributed by atoms with Crippen molar-refractivity contribution < 1.29 is 9.59 Å². The number of carbonyl (C=O) groups is 2. The molecule has 25 heavy (non-hydrogen) atoms. The van der Waals surface area contributed by atoms with Gasteiger partial charge >= 0.3 is 0 Å². The molecule has 1 aromatic heterocycles. The molecule has 2 amide bonds. The minimum absolute atomic E-state index is 0.0831. The SMILES string of the molecule is CN1C(=O)CC[C@H](C(=O)N2CCc3ccccc32)[C@@H]1c1cnn(C)c1. The summed E-state index contributed by atoms with van der Waals surface area (Å²) in [6, 6.07) is 7.82. The van der Waals surface area contributed by atoms with Crippen molar-refractivity contribution in [2.45, 2.75) is 25.3 Å². The maximum absolute atomic E-state index is 13.4. The predicted octanol–water partition coefficient (Wildman–Crippen LogP) is 1.92. The van der Waals surface area contributed by atoms with Crippen LogP contribution in [0.1, 0.15) is 30.0 Å². The summed E-state index contributed by atoms with van der Waals surface area (Å²) < 4.78 is 1.72. The highest BCUT2D eigenvalue weighted by Gasteiger charge is 2.42. The lowest BCUT2D eigenvalue weighted by molar-refractivity contribution is -0.140. The van der Waals surface area contributed by atoms with Gasteiger partial charge in [0.1, 0.15) is 0 Å². The standard InChI is InChI=1S/C19H22N4O2/c1-21-12-14(11-20-21)18-15(7-8-17(24)22(18)2)19(25)23-10-9-13-5-3-4-6-16(13)23/h3-6,11-12,15,18H,7-10H2,1-2H3/t15-,18-/m0/s1. The number of rotatable bonds is 2. The first kappa shape index (κ1) is 15.9. The van der Waals surface area contributed by atoms with Crippen molar-refractivity contribution in [1.29, 1.82) is 0 Å². The Bertz CT molecular complexity index is 828. The fourth-order valence-corrected chi connectivity index (χ4v) is 4.11. The van der Waals surface area contributed by atoms with Crippen molar-refractivity contribution in [3.05, 3.63) is 47.8 Å². The van der Waals surface area contributed by atoms with Crippen LogP contribution < -0.4 is 4.90 Å². The first-order chi connectivity index (χ1) is 12.1. The first-order valence-corrected chi connectivity index (χ1v) is 8.70. The van der Waals surface area contributed by atoms with Crippen LogP contribution in [0.15, 0.2) is 36.7 Å². The van der Waals surface area contributed by atoms with Crippen molar-refractivity contribution in [2.24, 2.45) is 13.0 Å². The van der Waals surface area contributed by atoms with E-state index < -0.39 is 0 Å². The lowest BCUT2D eigenvalue weighted by Crippen LogP contribution is -2.47. The average Bonchev–Trinajstić information content (AvgIpc) is 3.23. The maximum atomic E-state index is 13.4. The number of fused-ring (bicyclic) bond motifs is 1. The van der Waals surface area contributed by atoms with Crippen molar-refractivity contribution in [3.63, 3.8) is 0 Å². The molecule has 0 radical (unpaired) electrons. The van der Waals surface area contributed by atoms with Gasteiger partial charge in [0, 0.05) is 44.5 Å². The van der Waals surface area contributed by atoms with E-state index in [0.29, 0.717) is 19.4 Å². The van der Waals surface area contributed by atoms with Gasteiger partial charge in [-0.05, 0) is 24.5 Å². The number of likely N-dealkylation sites (tertiary alicyclic amines) is 1. The third-order valence-electron chi connectivity index (χ3n) is 5.40. The van der Waals surface area contributed by atoms with Crippen LogP contribution in [0.2, 0.25) is 0 Å². The number of aryl methyl sites for hydroxylation is 1. The Balaban J connectivity index is 1.67. The highest BCUT2D eigenvalue weighted by molar-refractivity contribution is 5.98. The van der Waals surface area contributed by atoms with Crippen molar-refractivity contribution in [3.8, 4) is 0 Å².